The fraction of sp³-hybridized carbons (Fsp3) is 0.364. The van der Waals surface area contributed by atoms with E-state index in [2.05, 4.69) is 23.4 Å². The molecule has 1 heterocycles. The Morgan fingerprint density at radius 1 is 1.36 bits per heavy atom. The molecule has 0 radical (unpaired) electrons. The largest absolute Gasteiger partial charge is 0.397 e. The lowest BCUT2D eigenvalue weighted by atomic mass is 10.2. The SMILES string of the molecule is CC(C)c1nc2c(N)cccc2n1C. The fourth-order valence-corrected chi connectivity index (χ4v) is 1.77. The van der Waals surface area contributed by atoms with Crippen LogP contribution in [0, 0.1) is 0 Å². The number of nitrogens with two attached hydrogens (primary N) is 1. The zero-order chi connectivity index (χ0) is 10.3. The molecule has 74 valence electrons. The fourth-order valence-electron chi connectivity index (χ4n) is 1.77. The van der Waals surface area contributed by atoms with E-state index in [1.165, 1.54) is 0 Å². The molecule has 3 nitrogen and oxygen atoms in total. The normalized spacial score (nSPS) is 11.4. The van der Waals surface area contributed by atoms with Crippen LogP contribution >= 0.6 is 0 Å². The van der Waals surface area contributed by atoms with Gasteiger partial charge in [-0.25, -0.2) is 4.98 Å². The number of nitrogens with zero attached hydrogens (tertiary/aromatic N) is 2. The van der Waals surface area contributed by atoms with Gasteiger partial charge in [0.05, 0.1) is 11.2 Å². The van der Waals surface area contributed by atoms with E-state index in [1.807, 2.05) is 25.2 Å². The second kappa shape index (κ2) is 3.01. The van der Waals surface area contributed by atoms with E-state index in [0.717, 1.165) is 22.5 Å². The van der Waals surface area contributed by atoms with Gasteiger partial charge >= 0.3 is 0 Å². The van der Waals surface area contributed by atoms with Crippen LogP contribution in [0.1, 0.15) is 25.6 Å². The third-order valence-electron chi connectivity index (χ3n) is 2.49. The number of aromatic nitrogens is 2. The number of rotatable bonds is 1. The highest BCUT2D eigenvalue weighted by molar-refractivity contribution is 5.87. The summed E-state index contributed by atoms with van der Waals surface area (Å²) in [5, 5.41) is 0. The van der Waals surface area contributed by atoms with Crippen LogP contribution in [0.25, 0.3) is 11.0 Å². The summed E-state index contributed by atoms with van der Waals surface area (Å²) in [5.41, 5.74) is 8.64. The maximum atomic E-state index is 5.86. The van der Waals surface area contributed by atoms with Gasteiger partial charge in [-0.15, -0.1) is 0 Å². The van der Waals surface area contributed by atoms with Gasteiger partial charge in [-0.3, -0.25) is 0 Å². The first-order valence-corrected chi connectivity index (χ1v) is 4.82. The van der Waals surface area contributed by atoms with Crippen LogP contribution in [-0.2, 0) is 7.05 Å². The highest BCUT2D eigenvalue weighted by Gasteiger charge is 2.11. The molecule has 0 saturated heterocycles. The molecule has 0 bridgehead atoms. The summed E-state index contributed by atoms with van der Waals surface area (Å²) in [6.07, 6.45) is 0. The summed E-state index contributed by atoms with van der Waals surface area (Å²) in [4.78, 5) is 4.55. The van der Waals surface area contributed by atoms with Crippen molar-refractivity contribution in [1.29, 1.82) is 0 Å². The molecule has 0 spiro atoms. The first-order valence-electron chi connectivity index (χ1n) is 4.82. The molecule has 0 fully saturated rings. The van der Waals surface area contributed by atoms with E-state index in [9.17, 15) is 0 Å². The second-order valence-corrected chi connectivity index (χ2v) is 3.90. The molecule has 0 saturated carbocycles. The Morgan fingerprint density at radius 2 is 2.07 bits per heavy atom. The zero-order valence-electron chi connectivity index (χ0n) is 8.78. The predicted molar refractivity (Wildman–Crippen MR) is 59.2 cm³/mol. The Morgan fingerprint density at radius 3 is 2.64 bits per heavy atom. The maximum Gasteiger partial charge on any atom is 0.112 e. The van der Waals surface area contributed by atoms with Crippen LogP contribution in [0.3, 0.4) is 0 Å². The van der Waals surface area contributed by atoms with Crippen molar-refractivity contribution in [3.63, 3.8) is 0 Å². The topological polar surface area (TPSA) is 43.8 Å². The molecule has 3 heteroatoms. The van der Waals surface area contributed by atoms with Crippen LogP contribution < -0.4 is 5.73 Å². The van der Waals surface area contributed by atoms with Gasteiger partial charge in [0.1, 0.15) is 11.3 Å². The van der Waals surface area contributed by atoms with E-state index < -0.39 is 0 Å². The summed E-state index contributed by atoms with van der Waals surface area (Å²) in [7, 11) is 2.03. The van der Waals surface area contributed by atoms with Gasteiger partial charge in [0.25, 0.3) is 0 Å². The van der Waals surface area contributed by atoms with Gasteiger partial charge in [0.15, 0.2) is 0 Å². The highest BCUT2D eigenvalue weighted by atomic mass is 15.1. The Labute approximate surface area is 83.6 Å². The van der Waals surface area contributed by atoms with E-state index in [0.29, 0.717) is 5.92 Å². The first-order chi connectivity index (χ1) is 6.61. The number of hydrogen-bond acceptors (Lipinski definition) is 2. The molecule has 0 aliphatic rings. The van der Waals surface area contributed by atoms with Crippen LogP contribution in [-0.4, -0.2) is 9.55 Å². The minimum atomic E-state index is 0.423. The van der Waals surface area contributed by atoms with Crippen molar-refractivity contribution in [2.45, 2.75) is 19.8 Å². The van der Waals surface area contributed by atoms with Crippen LogP contribution in [0.5, 0.6) is 0 Å². The lowest BCUT2D eigenvalue weighted by molar-refractivity contribution is 0.722. The van der Waals surface area contributed by atoms with Gasteiger partial charge in [0, 0.05) is 13.0 Å². The van der Waals surface area contributed by atoms with Gasteiger partial charge < -0.3 is 10.3 Å². The molecular formula is C11H15N3. The standard InChI is InChI=1S/C11H15N3/c1-7(2)11-13-10-8(12)5-4-6-9(10)14(11)3/h4-7H,12H2,1-3H3. The highest BCUT2D eigenvalue weighted by Crippen LogP contribution is 2.24. The quantitative estimate of drug-likeness (QED) is 0.699. The molecule has 2 aromatic rings. The van der Waals surface area contributed by atoms with Crippen molar-refractivity contribution in [2.24, 2.45) is 7.05 Å². The van der Waals surface area contributed by atoms with Gasteiger partial charge in [0.2, 0.25) is 0 Å². The van der Waals surface area contributed by atoms with Crippen molar-refractivity contribution in [3.05, 3.63) is 24.0 Å². The average molecular weight is 189 g/mol. The third kappa shape index (κ3) is 1.16. The van der Waals surface area contributed by atoms with E-state index in [1.54, 1.807) is 0 Å². The van der Waals surface area contributed by atoms with Crippen LogP contribution in [0.2, 0.25) is 0 Å². The number of anilines is 1. The molecule has 0 aliphatic heterocycles. The number of imidazole rings is 1. The lowest BCUT2D eigenvalue weighted by Crippen LogP contribution is -1.99. The van der Waals surface area contributed by atoms with Gasteiger partial charge in [-0.05, 0) is 12.1 Å². The Balaban J connectivity index is 2.80. The number of benzene rings is 1. The summed E-state index contributed by atoms with van der Waals surface area (Å²) < 4.78 is 2.11. The number of para-hydroxylation sites is 1. The van der Waals surface area contributed by atoms with E-state index >= 15 is 0 Å². The number of nitrogen functional groups attached to an aromatic ring is 1. The molecule has 1 aromatic heterocycles. The zero-order valence-corrected chi connectivity index (χ0v) is 8.78. The summed E-state index contributed by atoms with van der Waals surface area (Å²) >= 11 is 0. The van der Waals surface area contributed by atoms with Crippen molar-refractivity contribution in [3.8, 4) is 0 Å². The summed E-state index contributed by atoms with van der Waals surface area (Å²) in [6, 6.07) is 5.90. The maximum absolute atomic E-state index is 5.86. The minimum absolute atomic E-state index is 0.423. The Hall–Kier alpha value is -1.51. The molecule has 0 unspecified atom stereocenters. The lowest BCUT2D eigenvalue weighted by Gasteiger charge is -2.04. The summed E-state index contributed by atoms with van der Waals surface area (Å²) in [6.45, 7) is 4.27. The molecule has 2 rings (SSSR count). The molecule has 2 N–H and O–H groups in total. The summed E-state index contributed by atoms with van der Waals surface area (Å²) in [5.74, 6) is 1.50. The molecule has 0 amide bonds. The molecule has 0 aliphatic carbocycles. The van der Waals surface area contributed by atoms with Crippen molar-refractivity contribution < 1.29 is 0 Å². The first kappa shape index (κ1) is 9.06. The van der Waals surface area contributed by atoms with Crippen LogP contribution in [0.15, 0.2) is 18.2 Å². The minimum Gasteiger partial charge on any atom is -0.397 e. The Bertz CT molecular complexity index is 469. The molecule has 14 heavy (non-hydrogen) atoms. The van der Waals surface area contributed by atoms with E-state index in [-0.39, 0.29) is 0 Å². The van der Waals surface area contributed by atoms with Crippen LogP contribution in [0.4, 0.5) is 5.69 Å². The molecule has 0 atom stereocenters. The number of fused-ring (bicyclic) bond motifs is 1. The van der Waals surface area contributed by atoms with Gasteiger partial charge in [-0.2, -0.15) is 0 Å². The monoisotopic (exact) mass is 189 g/mol. The third-order valence-corrected chi connectivity index (χ3v) is 2.49. The predicted octanol–water partition coefficient (Wildman–Crippen LogP) is 2.28. The Kier molecular flexibility index (Phi) is 1.95. The second-order valence-electron chi connectivity index (χ2n) is 3.90. The smallest absolute Gasteiger partial charge is 0.112 e. The van der Waals surface area contributed by atoms with Gasteiger partial charge in [-0.1, -0.05) is 19.9 Å². The van der Waals surface area contributed by atoms with E-state index in [4.69, 9.17) is 5.73 Å². The van der Waals surface area contributed by atoms with Crippen molar-refractivity contribution in [2.75, 3.05) is 5.73 Å². The van der Waals surface area contributed by atoms with Crippen molar-refractivity contribution >= 4 is 16.7 Å². The molecule has 1 aromatic carbocycles. The number of hydrogen-bond donors (Lipinski definition) is 1. The number of aryl methyl sites for hydroxylation is 1. The van der Waals surface area contributed by atoms with Crippen molar-refractivity contribution in [1.82, 2.24) is 9.55 Å². The molecular weight excluding hydrogens is 174 g/mol. The average Bonchev–Trinajstić information content (AvgIpc) is 2.46.